The Balaban J connectivity index is 1.90. The number of carbonyl (C=O) groups is 1. The SMILES string of the molecule is CCSc1cc(CNCc2cccc(C(=O)O)c2)ccn1. The first kappa shape index (κ1) is 15.5. The van der Waals surface area contributed by atoms with Gasteiger partial charge in [0, 0.05) is 19.3 Å². The first-order valence-electron chi connectivity index (χ1n) is 6.79. The summed E-state index contributed by atoms with van der Waals surface area (Å²) in [5, 5.41) is 13.3. The van der Waals surface area contributed by atoms with Gasteiger partial charge < -0.3 is 10.4 Å². The predicted molar refractivity (Wildman–Crippen MR) is 84.6 cm³/mol. The third-order valence-electron chi connectivity index (χ3n) is 2.92. The first-order chi connectivity index (χ1) is 10.2. The maximum atomic E-state index is 10.9. The summed E-state index contributed by atoms with van der Waals surface area (Å²) in [6, 6.07) is 11.0. The first-order valence-corrected chi connectivity index (χ1v) is 7.78. The van der Waals surface area contributed by atoms with E-state index in [1.54, 1.807) is 30.0 Å². The van der Waals surface area contributed by atoms with E-state index < -0.39 is 5.97 Å². The molecule has 0 aliphatic carbocycles. The average molecular weight is 302 g/mol. The van der Waals surface area contributed by atoms with Crippen LogP contribution in [-0.2, 0) is 13.1 Å². The van der Waals surface area contributed by atoms with Gasteiger partial charge in [-0.1, -0.05) is 19.1 Å². The summed E-state index contributed by atoms with van der Waals surface area (Å²) < 4.78 is 0. The molecule has 21 heavy (non-hydrogen) atoms. The highest BCUT2D eigenvalue weighted by atomic mass is 32.2. The molecule has 1 heterocycles. The van der Waals surface area contributed by atoms with Crippen LogP contribution >= 0.6 is 11.8 Å². The normalized spacial score (nSPS) is 10.5. The van der Waals surface area contributed by atoms with Crippen molar-refractivity contribution in [3.05, 3.63) is 59.3 Å². The number of rotatable bonds is 7. The maximum absolute atomic E-state index is 10.9. The Morgan fingerprint density at radius 1 is 1.24 bits per heavy atom. The Morgan fingerprint density at radius 2 is 2.00 bits per heavy atom. The molecule has 0 unspecified atom stereocenters. The molecule has 4 nitrogen and oxygen atoms in total. The molecule has 0 aliphatic rings. The molecule has 2 N–H and O–H groups in total. The Hall–Kier alpha value is -1.85. The Bertz CT molecular complexity index is 617. The van der Waals surface area contributed by atoms with E-state index in [4.69, 9.17) is 5.11 Å². The van der Waals surface area contributed by atoms with Gasteiger partial charge >= 0.3 is 5.97 Å². The van der Waals surface area contributed by atoms with Gasteiger partial charge in [0.05, 0.1) is 10.6 Å². The minimum absolute atomic E-state index is 0.319. The lowest BCUT2D eigenvalue weighted by atomic mass is 10.1. The summed E-state index contributed by atoms with van der Waals surface area (Å²) in [7, 11) is 0. The van der Waals surface area contributed by atoms with Crippen LogP contribution in [-0.4, -0.2) is 21.8 Å². The molecule has 5 heteroatoms. The van der Waals surface area contributed by atoms with Gasteiger partial charge in [-0.2, -0.15) is 0 Å². The van der Waals surface area contributed by atoms with Crippen molar-refractivity contribution in [3.63, 3.8) is 0 Å². The second-order valence-electron chi connectivity index (χ2n) is 4.54. The van der Waals surface area contributed by atoms with Crippen LogP contribution < -0.4 is 5.32 Å². The number of pyridine rings is 1. The van der Waals surface area contributed by atoms with Crippen molar-refractivity contribution in [2.75, 3.05) is 5.75 Å². The Labute approximate surface area is 128 Å². The molecule has 0 atom stereocenters. The highest BCUT2D eigenvalue weighted by Crippen LogP contribution is 2.15. The molecule has 0 bridgehead atoms. The van der Waals surface area contributed by atoms with Crippen molar-refractivity contribution in [2.45, 2.75) is 25.0 Å². The number of aromatic carboxylic acids is 1. The summed E-state index contributed by atoms with van der Waals surface area (Å²) in [6.07, 6.45) is 1.82. The summed E-state index contributed by atoms with van der Waals surface area (Å²) in [5.74, 6) is 0.110. The van der Waals surface area contributed by atoms with Gasteiger partial charge in [0.2, 0.25) is 0 Å². The molecule has 0 fully saturated rings. The number of carboxylic acids is 1. The molecule has 0 saturated heterocycles. The van der Waals surface area contributed by atoms with Crippen LogP contribution in [0.5, 0.6) is 0 Å². The summed E-state index contributed by atoms with van der Waals surface area (Å²) in [5.41, 5.74) is 2.46. The van der Waals surface area contributed by atoms with Gasteiger partial charge in [-0.15, -0.1) is 11.8 Å². The third-order valence-corrected chi connectivity index (χ3v) is 3.73. The topological polar surface area (TPSA) is 62.2 Å². The molecule has 1 aromatic heterocycles. The number of hydrogen-bond acceptors (Lipinski definition) is 4. The van der Waals surface area contributed by atoms with Gasteiger partial charge in [0.25, 0.3) is 0 Å². The number of thioether (sulfide) groups is 1. The second-order valence-corrected chi connectivity index (χ2v) is 5.83. The fourth-order valence-electron chi connectivity index (χ4n) is 1.95. The quantitative estimate of drug-likeness (QED) is 0.769. The molecule has 0 amide bonds. The fourth-order valence-corrected chi connectivity index (χ4v) is 2.62. The van der Waals surface area contributed by atoms with Gasteiger partial charge in [0.15, 0.2) is 0 Å². The van der Waals surface area contributed by atoms with Crippen LogP contribution in [0.4, 0.5) is 0 Å². The van der Waals surface area contributed by atoms with E-state index in [0.29, 0.717) is 12.1 Å². The predicted octanol–water partition coefficient (Wildman–Crippen LogP) is 3.18. The summed E-state index contributed by atoms with van der Waals surface area (Å²) in [4.78, 5) is 15.2. The van der Waals surface area contributed by atoms with E-state index in [-0.39, 0.29) is 0 Å². The van der Waals surface area contributed by atoms with E-state index in [9.17, 15) is 4.79 Å². The van der Waals surface area contributed by atoms with Gasteiger partial charge in [-0.3, -0.25) is 0 Å². The standard InChI is InChI=1S/C16H18N2O2S/c1-2-21-15-9-13(6-7-18-15)11-17-10-12-4-3-5-14(8-12)16(19)20/h3-9,17H,2,10-11H2,1H3,(H,19,20). The molecular weight excluding hydrogens is 284 g/mol. The molecule has 0 radical (unpaired) electrons. The van der Waals surface area contributed by atoms with Crippen LogP contribution in [0.1, 0.15) is 28.4 Å². The zero-order valence-electron chi connectivity index (χ0n) is 11.9. The number of nitrogens with zero attached hydrogens (tertiary/aromatic N) is 1. The molecule has 110 valence electrons. The van der Waals surface area contributed by atoms with Gasteiger partial charge in [-0.25, -0.2) is 9.78 Å². The second kappa shape index (κ2) is 7.81. The van der Waals surface area contributed by atoms with Crippen molar-refractivity contribution >= 4 is 17.7 Å². The van der Waals surface area contributed by atoms with E-state index in [1.165, 1.54) is 5.56 Å². The lowest BCUT2D eigenvalue weighted by Gasteiger charge is -2.07. The Morgan fingerprint density at radius 3 is 2.71 bits per heavy atom. The van der Waals surface area contributed by atoms with Crippen molar-refractivity contribution in [1.82, 2.24) is 10.3 Å². The van der Waals surface area contributed by atoms with Crippen molar-refractivity contribution in [3.8, 4) is 0 Å². The van der Waals surface area contributed by atoms with E-state index in [2.05, 4.69) is 23.3 Å². The molecule has 0 aliphatic heterocycles. The smallest absolute Gasteiger partial charge is 0.335 e. The van der Waals surface area contributed by atoms with Crippen LogP contribution in [0.25, 0.3) is 0 Å². The number of nitrogens with one attached hydrogen (secondary N) is 1. The van der Waals surface area contributed by atoms with E-state index in [0.717, 1.165) is 22.9 Å². The van der Waals surface area contributed by atoms with Crippen molar-refractivity contribution < 1.29 is 9.90 Å². The molecular formula is C16H18N2O2S. The largest absolute Gasteiger partial charge is 0.478 e. The number of benzene rings is 1. The minimum atomic E-state index is -0.896. The number of carboxylic acid groups (broad SMARTS) is 1. The molecule has 0 saturated carbocycles. The minimum Gasteiger partial charge on any atom is -0.478 e. The van der Waals surface area contributed by atoms with Crippen molar-refractivity contribution in [1.29, 1.82) is 0 Å². The van der Waals surface area contributed by atoms with Crippen LogP contribution in [0.3, 0.4) is 0 Å². The third kappa shape index (κ3) is 4.88. The number of aromatic nitrogens is 1. The number of hydrogen-bond donors (Lipinski definition) is 2. The molecule has 2 aromatic rings. The highest BCUT2D eigenvalue weighted by Gasteiger charge is 2.03. The van der Waals surface area contributed by atoms with Gasteiger partial charge in [0.1, 0.15) is 0 Å². The Kier molecular flexibility index (Phi) is 5.78. The molecule has 0 spiro atoms. The lowest BCUT2D eigenvalue weighted by molar-refractivity contribution is 0.0696. The lowest BCUT2D eigenvalue weighted by Crippen LogP contribution is -2.13. The van der Waals surface area contributed by atoms with E-state index in [1.807, 2.05) is 18.3 Å². The van der Waals surface area contributed by atoms with Crippen LogP contribution in [0.15, 0.2) is 47.6 Å². The maximum Gasteiger partial charge on any atom is 0.335 e. The zero-order valence-corrected chi connectivity index (χ0v) is 12.7. The van der Waals surface area contributed by atoms with Crippen molar-refractivity contribution in [2.24, 2.45) is 0 Å². The summed E-state index contributed by atoms with van der Waals surface area (Å²) >= 11 is 1.72. The average Bonchev–Trinajstić information content (AvgIpc) is 2.48. The van der Waals surface area contributed by atoms with E-state index >= 15 is 0 Å². The summed E-state index contributed by atoms with van der Waals surface area (Å²) in [6.45, 7) is 3.48. The monoisotopic (exact) mass is 302 g/mol. The molecule has 1 aromatic carbocycles. The molecule has 2 rings (SSSR count). The zero-order chi connectivity index (χ0) is 15.1. The fraction of sp³-hybridized carbons (Fsp3) is 0.250. The van der Waals surface area contributed by atoms with Gasteiger partial charge in [-0.05, 0) is 41.1 Å². The highest BCUT2D eigenvalue weighted by molar-refractivity contribution is 7.99. The van der Waals surface area contributed by atoms with Crippen LogP contribution in [0, 0.1) is 0 Å². The van der Waals surface area contributed by atoms with Crippen LogP contribution in [0.2, 0.25) is 0 Å².